The van der Waals surface area contributed by atoms with Crippen LogP contribution in [0.5, 0.6) is 0 Å². The van der Waals surface area contributed by atoms with E-state index in [-0.39, 0.29) is 18.2 Å². The first-order valence-electron chi connectivity index (χ1n) is 15.6. The molecule has 3 rings (SSSR count). The Morgan fingerprint density at radius 1 is 0.795 bits per heavy atom. The van der Waals surface area contributed by atoms with Crippen molar-refractivity contribution < 1.29 is 28.5 Å². The number of carbonyl (C=O) groups is 2. The third-order valence-electron chi connectivity index (χ3n) is 7.14. The van der Waals surface area contributed by atoms with Crippen LogP contribution in [0, 0.1) is 0 Å². The number of rotatable bonds is 21. The van der Waals surface area contributed by atoms with E-state index in [4.69, 9.17) is 24.7 Å². The molecule has 2 amide bonds. The Morgan fingerprint density at radius 2 is 1.41 bits per heavy atom. The molecule has 0 saturated heterocycles. The van der Waals surface area contributed by atoms with E-state index in [9.17, 15) is 9.59 Å². The fourth-order valence-corrected chi connectivity index (χ4v) is 4.89. The van der Waals surface area contributed by atoms with Gasteiger partial charge in [-0.15, -0.1) is 0 Å². The van der Waals surface area contributed by atoms with E-state index in [0.717, 1.165) is 25.8 Å². The molecule has 0 spiro atoms. The molecule has 0 atom stereocenters. The highest BCUT2D eigenvalue weighted by molar-refractivity contribution is 5.95. The van der Waals surface area contributed by atoms with Crippen LogP contribution in [0.2, 0.25) is 0 Å². The zero-order chi connectivity index (χ0) is 31.4. The number of hydrogen-bond acceptors (Lipinski definition) is 8. The topological polar surface area (TPSA) is 124 Å². The summed E-state index contributed by atoms with van der Waals surface area (Å²) in [5.74, 6) is -0.265. The Hall–Kier alpha value is -3.12. The number of amides is 2. The molecule has 0 saturated carbocycles. The van der Waals surface area contributed by atoms with Gasteiger partial charge in [-0.3, -0.25) is 9.59 Å². The summed E-state index contributed by atoms with van der Waals surface area (Å²) in [6.45, 7) is 5.86. The quantitative estimate of drug-likeness (QED) is 0.184. The van der Waals surface area contributed by atoms with Crippen molar-refractivity contribution in [1.82, 2.24) is 15.5 Å². The van der Waals surface area contributed by atoms with Gasteiger partial charge in [0.2, 0.25) is 5.91 Å². The van der Waals surface area contributed by atoms with Gasteiger partial charge >= 0.3 is 0 Å². The second kappa shape index (κ2) is 20.8. The van der Waals surface area contributed by atoms with Crippen molar-refractivity contribution in [2.24, 2.45) is 5.73 Å². The summed E-state index contributed by atoms with van der Waals surface area (Å²) in [5, 5.41) is 5.75. The van der Waals surface area contributed by atoms with Gasteiger partial charge in [-0.05, 0) is 73.3 Å². The second-order valence-electron chi connectivity index (χ2n) is 10.8. The number of nitrogens with two attached hydrogens (primary N) is 1. The third kappa shape index (κ3) is 12.9. The lowest BCUT2D eigenvalue weighted by molar-refractivity contribution is -0.122. The van der Waals surface area contributed by atoms with Gasteiger partial charge < -0.3 is 40.2 Å². The minimum Gasteiger partial charge on any atom is -0.379 e. The van der Waals surface area contributed by atoms with Crippen LogP contribution in [0.25, 0.3) is 5.57 Å². The van der Waals surface area contributed by atoms with Crippen molar-refractivity contribution in [3.63, 3.8) is 0 Å². The average Bonchev–Trinajstić information content (AvgIpc) is 3.18. The summed E-state index contributed by atoms with van der Waals surface area (Å²) in [6.07, 6.45) is 5.34. The lowest BCUT2D eigenvalue weighted by atomic mass is 9.92. The lowest BCUT2D eigenvalue weighted by Gasteiger charge is -2.14. The molecule has 2 aromatic carbocycles. The monoisotopic (exact) mass is 610 g/mol. The van der Waals surface area contributed by atoms with Crippen molar-refractivity contribution in [2.75, 3.05) is 93.1 Å². The minimum atomic E-state index is -0.143. The number of benzene rings is 2. The van der Waals surface area contributed by atoms with Crippen LogP contribution >= 0.6 is 0 Å². The first-order chi connectivity index (χ1) is 21.5. The molecule has 1 aliphatic carbocycles. The fourth-order valence-electron chi connectivity index (χ4n) is 4.89. The molecule has 4 N–H and O–H groups in total. The van der Waals surface area contributed by atoms with Crippen LogP contribution in [0.15, 0.2) is 48.5 Å². The van der Waals surface area contributed by atoms with E-state index < -0.39 is 0 Å². The molecule has 0 aliphatic heterocycles. The van der Waals surface area contributed by atoms with E-state index in [0.29, 0.717) is 78.1 Å². The summed E-state index contributed by atoms with van der Waals surface area (Å²) in [5.41, 5.74) is 12.2. The summed E-state index contributed by atoms with van der Waals surface area (Å²) in [6, 6.07) is 14.6. The number of ether oxygens (including phenoxy) is 4. The number of carbonyl (C=O) groups excluding carboxylic acids is 2. The van der Waals surface area contributed by atoms with Crippen molar-refractivity contribution >= 4 is 17.4 Å². The molecule has 0 radical (unpaired) electrons. The van der Waals surface area contributed by atoms with Gasteiger partial charge in [0, 0.05) is 38.2 Å². The molecule has 0 unspecified atom stereocenters. The molecular formula is C34H50N4O6. The van der Waals surface area contributed by atoms with Crippen LogP contribution < -0.4 is 16.4 Å². The van der Waals surface area contributed by atoms with Crippen LogP contribution in [-0.4, -0.2) is 110 Å². The molecule has 0 bridgehead atoms. The van der Waals surface area contributed by atoms with Crippen LogP contribution in [0.3, 0.4) is 0 Å². The van der Waals surface area contributed by atoms with E-state index in [1.807, 2.05) is 12.1 Å². The second-order valence-corrected chi connectivity index (χ2v) is 10.8. The van der Waals surface area contributed by atoms with E-state index >= 15 is 0 Å². The Morgan fingerprint density at radius 3 is 2.11 bits per heavy atom. The largest absolute Gasteiger partial charge is 0.379 e. The van der Waals surface area contributed by atoms with Gasteiger partial charge in [0.25, 0.3) is 5.91 Å². The number of nitrogens with zero attached hydrogens (tertiary/aromatic N) is 1. The van der Waals surface area contributed by atoms with Crippen LogP contribution in [0.1, 0.15) is 45.5 Å². The SMILES string of the molecule is CN(C)CC/C=C1\c2ccccc2CCc2cc(C(=O)NCCNC(=O)CCOCCOCCOCCOCCN)ccc21. The summed E-state index contributed by atoms with van der Waals surface area (Å²) >= 11 is 0. The Balaban J connectivity index is 1.33. The summed E-state index contributed by atoms with van der Waals surface area (Å²) in [4.78, 5) is 27.2. The van der Waals surface area contributed by atoms with Crippen molar-refractivity contribution in [2.45, 2.75) is 25.7 Å². The number of aryl methyl sites for hydroxylation is 2. The van der Waals surface area contributed by atoms with Gasteiger partial charge in [0.15, 0.2) is 0 Å². The average molecular weight is 611 g/mol. The zero-order valence-electron chi connectivity index (χ0n) is 26.4. The zero-order valence-corrected chi connectivity index (χ0v) is 26.4. The lowest BCUT2D eigenvalue weighted by Crippen LogP contribution is -2.35. The van der Waals surface area contributed by atoms with Crippen molar-refractivity contribution in [1.29, 1.82) is 0 Å². The first kappa shape index (κ1) is 35.4. The third-order valence-corrected chi connectivity index (χ3v) is 7.14. The molecule has 10 nitrogen and oxygen atoms in total. The van der Waals surface area contributed by atoms with Crippen LogP contribution in [-0.2, 0) is 36.6 Å². The molecule has 242 valence electrons. The summed E-state index contributed by atoms with van der Waals surface area (Å²) in [7, 11) is 4.17. The Kier molecular flexibility index (Phi) is 16.7. The maximum atomic E-state index is 12.9. The molecule has 1 aliphatic rings. The van der Waals surface area contributed by atoms with Gasteiger partial charge in [0.1, 0.15) is 0 Å². The molecule has 2 aromatic rings. The maximum absolute atomic E-state index is 12.9. The van der Waals surface area contributed by atoms with Gasteiger partial charge in [0.05, 0.1) is 52.9 Å². The van der Waals surface area contributed by atoms with Crippen molar-refractivity contribution in [3.8, 4) is 0 Å². The molecule has 44 heavy (non-hydrogen) atoms. The Bertz CT molecular complexity index is 1190. The normalized spacial score (nSPS) is 13.4. The van der Waals surface area contributed by atoms with Crippen molar-refractivity contribution in [3.05, 3.63) is 76.4 Å². The van der Waals surface area contributed by atoms with Crippen LogP contribution in [0.4, 0.5) is 0 Å². The molecular weight excluding hydrogens is 560 g/mol. The van der Waals surface area contributed by atoms with E-state index in [1.165, 1.54) is 27.8 Å². The van der Waals surface area contributed by atoms with E-state index in [2.05, 4.69) is 66.0 Å². The first-order valence-corrected chi connectivity index (χ1v) is 15.6. The Labute approximate surface area is 262 Å². The standard InChI is InChI=1S/C34H50N4O6/c1-38(2)17-5-8-32-30-7-4-3-6-27(30)9-10-28-26-29(11-12-31(28)32)34(40)37-16-15-36-33(39)13-18-41-20-22-43-24-25-44-23-21-42-19-14-35/h3-4,6-8,11-12,26H,5,9-10,13-25,35H2,1-2H3,(H,36,39)(H,37,40)/b32-8+. The number of hydrogen-bond donors (Lipinski definition) is 3. The molecule has 0 fully saturated rings. The van der Waals surface area contributed by atoms with Gasteiger partial charge in [-0.25, -0.2) is 0 Å². The predicted molar refractivity (Wildman–Crippen MR) is 173 cm³/mol. The van der Waals surface area contributed by atoms with E-state index in [1.54, 1.807) is 0 Å². The number of fused-ring (bicyclic) bond motifs is 2. The van der Waals surface area contributed by atoms with Gasteiger partial charge in [-0.2, -0.15) is 0 Å². The minimum absolute atomic E-state index is 0.122. The maximum Gasteiger partial charge on any atom is 0.251 e. The molecule has 0 aromatic heterocycles. The fraction of sp³-hybridized carbons (Fsp3) is 0.529. The predicted octanol–water partition coefficient (Wildman–Crippen LogP) is 2.43. The smallest absolute Gasteiger partial charge is 0.251 e. The van der Waals surface area contributed by atoms with Gasteiger partial charge in [-0.1, -0.05) is 36.4 Å². The highest BCUT2D eigenvalue weighted by atomic mass is 16.6. The highest BCUT2D eigenvalue weighted by Crippen LogP contribution is 2.34. The molecule has 0 heterocycles. The number of nitrogens with one attached hydrogen (secondary N) is 2. The summed E-state index contributed by atoms with van der Waals surface area (Å²) < 4.78 is 21.5. The highest BCUT2D eigenvalue weighted by Gasteiger charge is 2.19. The molecule has 10 heteroatoms.